The summed E-state index contributed by atoms with van der Waals surface area (Å²) in [7, 11) is 0. The first-order valence-electron chi connectivity index (χ1n) is 8.88. The van der Waals surface area contributed by atoms with Gasteiger partial charge in [0, 0.05) is 25.0 Å². The van der Waals surface area contributed by atoms with Gasteiger partial charge in [-0.2, -0.15) is 0 Å². The number of hydrogen-bond donors (Lipinski definition) is 2. The molecule has 0 saturated carbocycles. The molecule has 1 aliphatic rings. The van der Waals surface area contributed by atoms with Crippen LogP contribution in [-0.4, -0.2) is 53.0 Å². The van der Waals surface area contributed by atoms with Gasteiger partial charge in [-0.05, 0) is 32.9 Å². The van der Waals surface area contributed by atoms with Crippen LogP contribution < -0.4 is 10.6 Å². The van der Waals surface area contributed by atoms with Crippen molar-refractivity contribution in [2.24, 2.45) is 0 Å². The van der Waals surface area contributed by atoms with Crippen molar-refractivity contribution in [2.75, 3.05) is 18.4 Å². The lowest BCUT2D eigenvalue weighted by molar-refractivity contribution is -0.117. The minimum absolute atomic E-state index is 0.167. The van der Waals surface area contributed by atoms with E-state index in [1.54, 1.807) is 19.1 Å². The molecule has 0 aromatic carbocycles. The molecule has 2 amide bonds. The zero-order chi connectivity index (χ0) is 19.4. The van der Waals surface area contributed by atoms with Crippen LogP contribution in [0.15, 0.2) is 28.2 Å². The molecule has 0 spiro atoms. The van der Waals surface area contributed by atoms with Gasteiger partial charge in [-0.1, -0.05) is 0 Å². The van der Waals surface area contributed by atoms with Gasteiger partial charge in [0.1, 0.15) is 6.04 Å². The number of carbonyl (C=O) groups excluding carboxylic acids is 2. The third-order valence-electron chi connectivity index (χ3n) is 4.15. The van der Waals surface area contributed by atoms with Crippen LogP contribution in [0.3, 0.4) is 0 Å². The van der Waals surface area contributed by atoms with Gasteiger partial charge < -0.3 is 19.8 Å². The van der Waals surface area contributed by atoms with Crippen molar-refractivity contribution in [1.82, 2.24) is 15.2 Å². The first kappa shape index (κ1) is 19.5. The molecule has 1 saturated heterocycles. The molecule has 27 heavy (non-hydrogen) atoms. The summed E-state index contributed by atoms with van der Waals surface area (Å²) in [6.45, 7) is 8.18. The number of thiazole rings is 1. The van der Waals surface area contributed by atoms with E-state index in [2.05, 4.69) is 34.4 Å². The van der Waals surface area contributed by atoms with Gasteiger partial charge in [-0.15, -0.1) is 11.3 Å². The fraction of sp³-hybridized carbons (Fsp3) is 0.500. The average Bonchev–Trinajstić information content (AvgIpc) is 3.26. The van der Waals surface area contributed by atoms with E-state index in [-0.39, 0.29) is 23.9 Å². The summed E-state index contributed by atoms with van der Waals surface area (Å²) in [6.07, 6.45) is 1.81. The summed E-state index contributed by atoms with van der Waals surface area (Å²) in [6, 6.07) is 2.45. The summed E-state index contributed by atoms with van der Waals surface area (Å²) >= 11 is 1.37. The highest BCUT2D eigenvalue weighted by molar-refractivity contribution is 7.13. The van der Waals surface area contributed by atoms with Crippen LogP contribution in [0.25, 0.3) is 0 Å². The van der Waals surface area contributed by atoms with Gasteiger partial charge in [0.2, 0.25) is 5.91 Å². The van der Waals surface area contributed by atoms with E-state index in [1.165, 1.54) is 17.6 Å². The lowest BCUT2D eigenvalue weighted by Crippen LogP contribution is -2.44. The van der Waals surface area contributed by atoms with E-state index in [0.717, 1.165) is 25.3 Å². The van der Waals surface area contributed by atoms with Gasteiger partial charge in [0.05, 0.1) is 24.2 Å². The number of morpholine rings is 1. The average molecular weight is 392 g/mol. The Balaban J connectivity index is 1.50. The largest absolute Gasteiger partial charge is 0.459 e. The minimum atomic E-state index is -0.712. The SMILES string of the molecule is CC1CN(Cc2csc(NC(=O)C(C)NC(=O)c3ccco3)n2)CC(C)O1. The van der Waals surface area contributed by atoms with Crippen LogP contribution in [0, 0.1) is 0 Å². The molecule has 3 heterocycles. The van der Waals surface area contributed by atoms with Crippen LogP contribution in [-0.2, 0) is 16.1 Å². The van der Waals surface area contributed by atoms with E-state index < -0.39 is 11.9 Å². The molecule has 146 valence electrons. The Morgan fingerprint density at radius 3 is 2.78 bits per heavy atom. The second-order valence-corrected chi connectivity index (χ2v) is 7.62. The van der Waals surface area contributed by atoms with E-state index in [0.29, 0.717) is 5.13 Å². The van der Waals surface area contributed by atoms with E-state index in [9.17, 15) is 9.59 Å². The number of carbonyl (C=O) groups is 2. The van der Waals surface area contributed by atoms with Crippen molar-refractivity contribution >= 4 is 28.3 Å². The van der Waals surface area contributed by atoms with Gasteiger partial charge in [0.15, 0.2) is 10.9 Å². The summed E-state index contributed by atoms with van der Waals surface area (Å²) in [5.74, 6) is -0.595. The second-order valence-electron chi connectivity index (χ2n) is 6.76. The maximum atomic E-state index is 12.3. The van der Waals surface area contributed by atoms with Crippen molar-refractivity contribution in [2.45, 2.75) is 45.6 Å². The maximum absolute atomic E-state index is 12.3. The highest BCUT2D eigenvalue weighted by Crippen LogP contribution is 2.19. The van der Waals surface area contributed by atoms with Crippen molar-refractivity contribution in [1.29, 1.82) is 0 Å². The molecule has 3 rings (SSSR count). The van der Waals surface area contributed by atoms with Gasteiger partial charge in [-0.25, -0.2) is 4.98 Å². The molecule has 2 aromatic heterocycles. The number of nitrogens with one attached hydrogen (secondary N) is 2. The topological polar surface area (TPSA) is 96.7 Å². The number of ether oxygens (including phenoxy) is 1. The third-order valence-corrected chi connectivity index (χ3v) is 4.96. The molecule has 1 fully saturated rings. The summed E-state index contributed by atoms with van der Waals surface area (Å²) < 4.78 is 10.8. The molecule has 0 radical (unpaired) electrons. The Morgan fingerprint density at radius 1 is 1.37 bits per heavy atom. The Labute approximate surface area is 161 Å². The van der Waals surface area contributed by atoms with E-state index in [1.807, 2.05) is 5.38 Å². The zero-order valence-corrected chi connectivity index (χ0v) is 16.4. The lowest BCUT2D eigenvalue weighted by Gasteiger charge is -2.34. The Kier molecular flexibility index (Phi) is 6.25. The fourth-order valence-corrected chi connectivity index (χ4v) is 3.74. The first-order valence-corrected chi connectivity index (χ1v) is 9.76. The van der Waals surface area contributed by atoms with Crippen LogP contribution in [0.4, 0.5) is 5.13 Å². The lowest BCUT2D eigenvalue weighted by atomic mass is 10.2. The third kappa shape index (κ3) is 5.38. The number of amides is 2. The van der Waals surface area contributed by atoms with Crippen LogP contribution >= 0.6 is 11.3 Å². The maximum Gasteiger partial charge on any atom is 0.287 e. The van der Waals surface area contributed by atoms with Crippen LogP contribution in [0.1, 0.15) is 37.0 Å². The molecule has 3 atom stereocenters. The molecular formula is C18H24N4O4S. The molecular weight excluding hydrogens is 368 g/mol. The molecule has 9 heteroatoms. The standard InChI is InChI=1S/C18H24N4O4S/c1-11-7-22(8-12(2)26-11)9-14-10-27-18(20-14)21-16(23)13(3)19-17(24)15-5-4-6-25-15/h4-6,10-13H,7-9H2,1-3H3,(H,19,24)(H,20,21,23). The summed E-state index contributed by atoms with van der Waals surface area (Å²) in [5.41, 5.74) is 0.906. The van der Waals surface area contributed by atoms with Crippen molar-refractivity contribution in [3.05, 3.63) is 35.2 Å². The number of hydrogen-bond acceptors (Lipinski definition) is 7. The molecule has 3 unspecified atom stereocenters. The number of rotatable bonds is 6. The smallest absolute Gasteiger partial charge is 0.287 e. The van der Waals surface area contributed by atoms with Gasteiger partial charge in [-0.3, -0.25) is 14.5 Å². The number of nitrogens with zero attached hydrogens (tertiary/aromatic N) is 2. The predicted octanol–water partition coefficient (Wildman–Crippen LogP) is 2.10. The van der Waals surface area contributed by atoms with Crippen molar-refractivity contribution < 1.29 is 18.7 Å². The highest BCUT2D eigenvalue weighted by atomic mass is 32.1. The molecule has 0 bridgehead atoms. The molecule has 2 aromatic rings. The second kappa shape index (κ2) is 8.64. The van der Waals surface area contributed by atoms with Gasteiger partial charge in [0.25, 0.3) is 5.91 Å². The summed E-state index contributed by atoms with van der Waals surface area (Å²) in [4.78, 5) is 31.0. The molecule has 8 nitrogen and oxygen atoms in total. The first-order chi connectivity index (χ1) is 12.9. The normalized spacial score (nSPS) is 21.6. The quantitative estimate of drug-likeness (QED) is 0.782. The Bertz CT molecular complexity index is 766. The Hall–Kier alpha value is -2.23. The predicted molar refractivity (Wildman–Crippen MR) is 102 cm³/mol. The zero-order valence-electron chi connectivity index (χ0n) is 15.6. The number of aromatic nitrogens is 1. The van der Waals surface area contributed by atoms with E-state index >= 15 is 0 Å². The molecule has 2 N–H and O–H groups in total. The number of anilines is 1. The monoisotopic (exact) mass is 392 g/mol. The van der Waals surface area contributed by atoms with E-state index in [4.69, 9.17) is 9.15 Å². The fourth-order valence-electron chi connectivity index (χ4n) is 3.03. The minimum Gasteiger partial charge on any atom is -0.459 e. The van der Waals surface area contributed by atoms with Crippen LogP contribution in [0.5, 0.6) is 0 Å². The highest BCUT2D eigenvalue weighted by Gasteiger charge is 2.23. The van der Waals surface area contributed by atoms with Crippen molar-refractivity contribution in [3.8, 4) is 0 Å². The number of furan rings is 1. The Morgan fingerprint density at radius 2 is 2.11 bits per heavy atom. The van der Waals surface area contributed by atoms with Gasteiger partial charge >= 0.3 is 0 Å². The summed E-state index contributed by atoms with van der Waals surface area (Å²) in [5, 5.41) is 7.80. The van der Waals surface area contributed by atoms with Crippen LogP contribution in [0.2, 0.25) is 0 Å². The molecule has 1 aliphatic heterocycles. The molecule has 0 aliphatic carbocycles. The van der Waals surface area contributed by atoms with Crippen molar-refractivity contribution in [3.63, 3.8) is 0 Å².